The van der Waals surface area contributed by atoms with Crippen LogP contribution in [0.4, 0.5) is 0 Å². The molecule has 2 heterocycles. The number of thioether (sulfide) groups is 1. The molecule has 1 atom stereocenters. The molecule has 0 aliphatic carbocycles. The first-order valence-corrected chi connectivity index (χ1v) is 9.36. The Morgan fingerprint density at radius 1 is 1.08 bits per heavy atom. The molecular weight excluding hydrogens is 316 g/mol. The van der Waals surface area contributed by atoms with Gasteiger partial charge in [-0.05, 0) is 13.2 Å². The Bertz CT molecular complexity index is 781. The summed E-state index contributed by atoms with van der Waals surface area (Å²) >= 11 is 1.87. The molecule has 0 N–H and O–H groups in total. The molecule has 24 heavy (non-hydrogen) atoms. The molecule has 0 spiro atoms. The number of rotatable bonds is 6. The Kier molecular flexibility index (Phi) is 5.30. The van der Waals surface area contributed by atoms with Gasteiger partial charge in [-0.2, -0.15) is 11.8 Å². The second-order valence-corrected chi connectivity index (χ2v) is 7.21. The van der Waals surface area contributed by atoms with Crippen molar-refractivity contribution in [2.75, 3.05) is 6.26 Å². The smallest absolute Gasteiger partial charge is 0.0959 e. The van der Waals surface area contributed by atoms with Gasteiger partial charge in [0.1, 0.15) is 0 Å². The van der Waals surface area contributed by atoms with E-state index < -0.39 is 0 Å². The maximum Gasteiger partial charge on any atom is 0.0959 e. The summed E-state index contributed by atoms with van der Waals surface area (Å²) in [6.45, 7) is 4.90. The third-order valence-electron chi connectivity index (χ3n) is 4.04. The summed E-state index contributed by atoms with van der Waals surface area (Å²) in [6.07, 6.45) is 8.71. The van der Waals surface area contributed by atoms with Gasteiger partial charge in [-0.1, -0.05) is 37.3 Å². The number of hydrogen-bond donors (Lipinski definition) is 0. The standard InChI is InChI=1S/C19H22N4S/c1-14-10-21-17(11-20-14)12-23-13-22-19(16-7-5-4-6-8-16)18(23)9-15(2)24-3/h4-8,10-11,13,15H,9,12H2,1-3H3. The summed E-state index contributed by atoms with van der Waals surface area (Å²) < 4.78 is 2.20. The van der Waals surface area contributed by atoms with Crippen LogP contribution >= 0.6 is 11.8 Å². The predicted molar refractivity (Wildman–Crippen MR) is 100 cm³/mol. The van der Waals surface area contributed by atoms with Gasteiger partial charge in [0.25, 0.3) is 0 Å². The zero-order valence-electron chi connectivity index (χ0n) is 14.3. The highest BCUT2D eigenvalue weighted by Crippen LogP contribution is 2.25. The maximum atomic E-state index is 4.69. The van der Waals surface area contributed by atoms with Crippen LogP contribution in [0.25, 0.3) is 11.3 Å². The first-order valence-electron chi connectivity index (χ1n) is 8.07. The van der Waals surface area contributed by atoms with E-state index in [0.29, 0.717) is 11.8 Å². The number of aromatic nitrogens is 4. The van der Waals surface area contributed by atoms with Crippen molar-refractivity contribution < 1.29 is 0 Å². The molecule has 0 amide bonds. The minimum Gasteiger partial charge on any atom is -0.328 e. The molecule has 124 valence electrons. The first-order chi connectivity index (χ1) is 11.7. The summed E-state index contributed by atoms with van der Waals surface area (Å²) in [5, 5.41) is 0.534. The molecule has 0 fully saturated rings. The minimum atomic E-state index is 0.534. The zero-order chi connectivity index (χ0) is 16.9. The Labute approximate surface area is 147 Å². The lowest BCUT2D eigenvalue weighted by molar-refractivity contribution is 0.710. The van der Waals surface area contributed by atoms with E-state index in [-0.39, 0.29) is 0 Å². The second-order valence-electron chi connectivity index (χ2n) is 5.93. The van der Waals surface area contributed by atoms with Crippen LogP contribution in [0.15, 0.2) is 49.1 Å². The van der Waals surface area contributed by atoms with Crippen LogP contribution in [0.2, 0.25) is 0 Å². The van der Waals surface area contributed by atoms with Gasteiger partial charge in [-0.15, -0.1) is 0 Å². The SMILES string of the molecule is CSC(C)Cc1c(-c2ccccc2)ncn1Cc1cnc(C)cn1. The zero-order valence-corrected chi connectivity index (χ0v) is 15.1. The van der Waals surface area contributed by atoms with Gasteiger partial charge in [0.2, 0.25) is 0 Å². The molecule has 4 nitrogen and oxygen atoms in total. The quantitative estimate of drug-likeness (QED) is 0.681. The molecule has 0 aliphatic heterocycles. The van der Waals surface area contributed by atoms with E-state index in [0.717, 1.165) is 29.1 Å². The number of benzene rings is 1. The fourth-order valence-electron chi connectivity index (χ4n) is 2.63. The molecule has 0 saturated heterocycles. The number of imidazole rings is 1. The van der Waals surface area contributed by atoms with Crippen molar-refractivity contribution >= 4 is 11.8 Å². The lowest BCUT2D eigenvalue weighted by Gasteiger charge is -2.13. The van der Waals surface area contributed by atoms with Crippen molar-refractivity contribution in [2.24, 2.45) is 0 Å². The van der Waals surface area contributed by atoms with E-state index in [4.69, 9.17) is 4.98 Å². The van der Waals surface area contributed by atoms with Gasteiger partial charge in [0, 0.05) is 29.1 Å². The largest absolute Gasteiger partial charge is 0.328 e. The van der Waals surface area contributed by atoms with Crippen LogP contribution in [-0.4, -0.2) is 31.0 Å². The van der Waals surface area contributed by atoms with Crippen molar-refractivity contribution in [1.29, 1.82) is 0 Å². The minimum absolute atomic E-state index is 0.534. The highest BCUT2D eigenvalue weighted by Gasteiger charge is 2.16. The van der Waals surface area contributed by atoms with E-state index in [9.17, 15) is 0 Å². The highest BCUT2D eigenvalue weighted by atomic mass is 32.2. The van der Waals surface area contributed by atoms with Crippen molar-refractivity contribution in [3.8, 4) is 11.3 Å². The molecule has 0 saturated carbocycles. The van der Waals surface area contributed by atoms with E-state index >= 15 is 0 Å². The Hall–Kier alpha value is -2.14. The van der Waals surface area contributed by atoms with Crippen molar-refractivity contribution in [1.82, 2.24) is 19.5 Å². The number of aryl methyl sites for hydroxylation is 1. The molecular formula is C19H22N4S. The van der Waals surface area contributed by atoms with Gasteiger partial charge in [0.05, 0.1) is 36.2 Å². The molecule has 0 bridgehead atoms. The molecule has 2 aromatic heterocycles. The molecule has 1 aromatic carbocycles. The van der Waals surface area contributed by atoms with Gasteiger partial charge >= 0.3 is 0 Å². The van der Waals surface area contributed by atoms with E-state index in [1.165, 1.54) is 5.69 Å². The first kappa shape index (κ1) is 16.7. The summed E-state index contributed by atoms with van der Waals surface area (Å²) in [7, 11) is 0. The van der Waals surface area contributed by atoms with E-state index in [2.05, 4.69) is 52.0 Å². The lowest BCUT2D eigenvalue weighted by Crippen LogP contribution is -2.10. The van der Waals surface area contributed by atoms with Crippen LogP contribution in [0.1, 0.15) is 24.0 Å². The molecule has 3 aromatic rings. The average molecular weight is 338 g/mol. The van der Waals surface area contributed by atoms with Crippen molar-refractivity contribution in [3.05, 3.63) is 66.1 Å². The third-order valence-corrected chi connectivity index (χ3v) is 5.01. The fraction of sp³-hybridized carbons (Fsp3) is 0.316. The summed E-state index contributed by atoms with van der Waals surface area (Å²) in [6, 6.07) is 10.4. The molecule has 3 rings (SSSR count). The van der Waals surface area contributed by atoms with Gasteiger partial charge < -0.3 is 4.57 Å². The van der Waals surface area contributed by atoms with Crippen LogP contribution in [0, 0.1) is 6.92 Å². The summed E-state index contributed by atoms with van der Waals surface area (Å²) in [4.78, 5) is 13.5. The van der Waals surface area contributed by atoms with Crippen LogP contribution < -0.4 is 0 Å². The van der Waals surface area contributed by atoms with Gasteiger partial charge in [0.15, 0.2) is 0 Å². The summed E-state index contributed by atoms with van der Waals surface area (Å²) in [5.74, 6) is 0. The third kappa shape index (κ3) is 3.85. The highest BCUT2D eigenvalue weighted by molar-refractivity contribution is 7.99. The van der Waals surface area contributed by atoms with Gasteiger partial charge in [-0.3, -0.25) is 9.97 Å². The Morgan fingerprint density at radius 2 is 1.88 bits per heavy atom. The molecule has 0 radical (unpaired) electrons. The fourth-order valence-corrected chi connectivity index (χ4v) is 2.95. The van der Waals surface area contributed by atoms with Crippen molar-refractivity contribution in [3.63, 3.8) is 0 Å². The number of hydrogen-bond acceptors (Lipinski definition) is 4. The average Bonchev–Trinajstić information content (AvgIpc) is 3.00. The Balaban J connectivity index is 1.96. The summed E-state index contributed by atoms with van der Waals surface area (Å²) in [5.41, 5.74) is 5.37. The topological polar surface area (TPSA) is 43.6 Å². The van der Waals surface area contributed by atoms with Crippen LogP contribution in [0.5, 0.6) is 0 Å². The molecule has 5 heteroatoms. The molecule has 1 unspecified atom stereocenters. The Morgan fingerprint density at radius 3 is 2.54 bits per heavy atom. The van der Waals surface area contributed by atoms with Gasteiger partial charge in [-0.25, -0.2) is 4.98 Å². The monoisotopic (exact) mass is 338 g/mol. The van der Waals surface area contributed by atoms with E-state index in [1.54, 1.807) is 0 Å². The normalized spacial score (nSPS) is 12.3. The van der Waals surface area contributed by atoms with Crippen LogP contribution in [0.3, 0.4) is 0 Å². The lowest BCUT2D eigenvalue weighted by atomic mass is 10.1. The van der Waals surface area contributed by atoms with Crippen molar-refractivity contribution in [2.45, 2.75) is 32.1 Å². The van der Waals surface area contributed by atoms with Crippen LogP contribution in [-0.2, 0) is 13.0 Å². The number of nitrogens with zero attached hydrogens (tertiary/aromatic N) is 4. The molecule has 0 aliphatic rings. The maximum absolute atomic E-state index is 4.69. The van der Waals surface area contributed by atoms with E-state index in [1.807, 2.05) is 43.5 Å². The second kappa shape index (κ2) is 7.62. The predicted octanol–water partition coefficient (Wildman–Crippen LogP) is 3.99.